The van der Waals surface area contributed by atoms with Crippen molar-refractivity contribution in [1.29, 1.82) is 0 Å². The molecule has 0 radical (unpaired) electrons. The van der Waals surface area contributed by atoms with Gasteiger partial charge < -0.3 is 24.7 Å². The molecule has 146 valence electrons. The fourth-order valence-electron chi connectivity index (χ4n) is 3.24. The molecule has 0 bridgehead atoms. The molecule has 7 nitrogen and oxygen atoms in total. The van der Waals surface area contributed by atoms with Crippen molar-refractivity contribution in [3.8, 4) is 11.5 Å². The van der Waals surface area contributed by atoms with Gasteiger partial charge in [0.15, 0.2) is 17.5 Å². The van der Waals surface area contributed by atoms with Gasteiger partial charge in [-0.3, -0.25) is 4.99 Å². The normalized spacial score (nSPS) is 16.2. The van der Waals surface area contributed by atoms with Crippen molar-refractivity contribution in [3.05, 3.63) is 54.9 Å². The molecular weight excluding hydrogens is 354 g/mol. The molecule has 1 atom stereocenters. The largest absolute Gasteiger partial charge is 0.486 e. The van der Waals surface area contributed by atoms with E-state index in [4.69, 9.17) is 9.47 Å². The van der Waals surface area contributed by atoms with Gasteiger partial charge in [0.25, 0.3) is 0 Å². The molecule has 28 heavy (non-hydrogen) atoms. The SMILES string of the molecule is CN=C(NCCCn1cnc2ccccc21)NCC1COc2ccccc2O1. The highest BCUT2D eigenvalue weighted by atomic mass is 16.6. The number of hydrogen-bond acceptors (Lipinski definition) is 4. The topological polar surface area (TPSA) is 72.7 Å². The number of hydrogen-bond donors (Lipinski definition) is 2. The summed E-state index contributed by atoms with van der Waals surface area (Å²) in [6.45, 7) is 2.87. The molecule has 2 heterocycles. The Balaban J connectivity index is 1.20. The number of aryl methyl sites for hydroxylation is 1. The second-order valence-corrected chi connectivity index (χ2v) is 6.66. The summed E-state index contributed by atoms with van der Waals surface area (Å²) in [5.41, 5.74) is 2.20. The molecule has 2 aromatic carbocycles. The van der Waals surface area contributed by atoms with Gasteiger partial charge in [0.1, 0.15) is 12.7 Å². The second-order valence-electron chi connectivity index (χ2n) is 6.66. The maximum atomic E-state index is 5.96. The zero-order valence-electron chi connectivity index (χ0n) is 16.0. The number of benzene rings is 2. The summed E-state index contributed by atoms with van der Waals surface area (Å²) in [4.78, 5) is 8.71. The summed E-state index contributed by atoms with van der Waals surface area (Å²) in [6.07, 6.45) is 2.82. The van der Waals surface area contributed by atoms with Crippen LogP contribution in [0.2, 0.25) is 0 Å². The zero-order valence-corrected chi connectivity index (χ0v) is 16.0. The molecule has 0 spiro atoms. The van der Waals surface area contributed by atoms with Crippen LogP contribution in [0.4, 0.5) is 0 Å². The van der Waals surface area contributed by atoms with Crippen molar-refractivity contribution in [1.82, 2.24) is 20.2 Å². The number of aromatic nitrogens is 2. The van der Waals surface area contributed by atoms with Gasteiger partial charge in [0.05, 0.1) is 23.9 Å². The first-order valence-corrected chi connectivity index (χ1v) is 9.56. The molecule has 0 amide bonds. The van der Waals surface area contributed by atoms with E-state index < -0.39 is 0 Å². The van der Waals surface area contributed by atoms with Crippen molar-refractivity contribution in [2.24, 2.45) is 4.99 Å². The smallest absolute Gasteiger partial charge is 0.191 e. The molecule has 0 saturated carbocycles. The van der Waals surface area contributed by atoms with Crippen LogP contribution in [-0.2, 0) is 6.54 Å². The molecule has 1 aliphatic heterocycles. The first-order chi connectivity index (χ1) is 13.8. The summed E-state index contributed by atoms with van der Waals surface area (Å²) in [5, 5.41) is 6.66. The Labute approximate surface area is 164 Å². The summed E-state index contributed by atoms with van der Waals surface area (Å²) < 4.78 is 13.9. The summed E-state index contributed by atoms with van der Waals surface area (Å²) in [7, 11) is 1.77. The van der Waals surface area contributed by atoms with E-state index in [1.165, 1.54) is 5.52 Å². The second kappa shape index (κ2) is 8.65. The molecule has 1 aromatic heterocycles. The Bertz CT molecular complexity index is 953. The Morgan fingerprint density at radius 3 is 2.86 bits per heavy atom. The molecule has 0 aliphatic carbocycles. The van der Waals surface area contributed by atoms with Crippen LogP contribution in [0, 0.1) is 0 Å². The van der Waals surface area contributed by atoms with E-state index in [0.717, 1.165) is 42.5 Å². The van der Waals surface area contributed by atoms with E-state index in [2.05, 4.69) is 31.2 Å². The Hall–Kier alpha value is -3.22. The maximum Gasteiger partial charge on any atom is 0.191 e. The highest BCUT2D eigenvalue weighted by Gasteiger charge is 2.20. The molecule has 3 aromatic rings. The number of ether oxygens (including phenoxy) is 2. The Morgan fingerprint density at radius 2 is 1.96 bits per heavy atom. The van der Waals surface area contributed by atoms with Gasteiger partial charge in [-0.25, -0.2) is 4.98 Å². The lowest BCUT2D eigenvalue weighted by atomic mass is 10.2. The van der Waals surface area contributed by atoms with Crippen molar-refractivity contribution in [2.75, 3.05) is 26.7 Å². The van der Waals surface area contributed by atoms with Crippen LogP contribution in [0.25, 0.3) is 11.0 Å². The monoisotopic (exact) mass is 379 g/mol. The van der Waals surface area contributed by atoms with Crippen LogP contribution in [0.1, 0.15) is 6.42 Å². The lowest BCUT2D eigenvalue weighted by Crippen LogP contribution is -2.45. The third-order valence-corrected chi connectivity index (χ3v) is 4.68. The van der Waals surface area contributed by atoms with Gasteiger partial charge in [0, 0.05) is 20.1 Å². The predicted octanol–water partition coefficient (Wildman–Crippen LogP) is 2.43. The van der Waals surface area contributed by atoms with Crippen molar-refractivity contribution in [3.63, 3.8) is 0 Å². The number of fused-ring (bicyclic) bond motifs is 2. The fraction of sp³-hybridized carbons (Fsp3) is 0.333. The number of imidazole rings is 1. The quantitative estimate of drug-likeness (QED) is 0.391. The molecule has 2 N–H and O–H groups in total. The lowest BCUT2D eigenvalue weighted by Gasteiger charge is -2.27. The Kier molecular flexibility index (Phi) is 5.61. The van der Waals surface area contributed by atoms with Gasteiger partial charge in [-0.15, -0.1) is 0 Å². The first-order valence-electron chi connectivity index (χ1n) is 9.56. The lowest BCUT2D eigenvalue weighted by molar-refractivity contribution is 0.0936. The standard InChI is InChI=1S/C21H25N5O2/c1-22-21(24-13-16-14-27-19-9-4-5-10-20(19)28-16)23-11-6-12-26-15-25-17-7-2-3-8-18(17)26/h2-5,7-10,15-16H,6,11-14H2,1H3,(H2,22,23,24). The molecular formula is C21H25N5O2. The average molecular weight is 379 g/mol. The minimum atomic E-state index is -0.0502. The van der Waals surface area contributed by atoms with Gasteiger partial charge in [-0.05, 0) is 30.7 Å². The van der Waals surface area contributed by atoms with Crippen molar-refractivity contribution < 1.29 is 9.47 Å². The fourth-order valence-corrected chi connectivity index (χ4v) is 3.24. The van der Waals surface area contributed by atoms with Crippen molar-refractivity contribution >= 4 is 17.0 Å². The van der Waals surface area contributed by atoms with Gasteiger partial charge >= 0.3 is 0 Å². The van der Waals surface area contributed by atoms with Gasteiger partial charge in [-0.1, -0.05) is 24.3 Å². The average Bonchev–Trinajstić information content (AvgIpc) is 3.16. The number of guanidine groups is 1. The van der Waals surface area contributed by atoms with E-state index in [1.54, 1.807) is 7.05 Å². The van der Waals surface area contributed by atoms with Crippen LogP contribution in [0.15, 0.2) is 59.9 Å². The zero-order chi connectivity index (χ0) is 19.2. The van der Waals surface area contributed by atoms with Crippen LogP contribution in [-0.4, -0.2) is 48.4 Å². The highest BCUT2D eigenvalue weighted by Crippen LogP contribution is 2.30. The Morgan fingerprint density at radius 1 is 1.14 bits per heavy atom. The maximum absolute atomic E-state index is 5.96. The number of aliphatic imine (C=N–C) groups is 1. The van der Waals surface area contributed by atoms with Crippen LogP contribution < -0.4 is 20.1 Å². The first kappa shape index (κ1) is 18.2. The van der Waals surface area contributed by atoms with Crippen LogP contribution >= 0.6 is 0 Å². The molecule has 7 heteroatoms. The molecule has 0 fully saturated rings. The summed E-state index contributed by atoms with van der Waals surface area (Å²) in [6, 6.07) is 15.9. The molecule has 1 unspecified atom stereocenters. The van der Waals surface area contributed by atoms with E-state index in [-0.39, 0.29) is 6.10 Å². The van der Waals surface area contributed by atoms with E-state index in [0.29, 0.717) is 13.2 Å². The number of nitrogens with one attached hydrogen (secondary N) is 2. The minimum Gasteiger partial charge on any atom is -0.486 e. The van der Waals surface area contributed by atoms with E-state index >= 15 is 0 Å². The summed E-state index contributed by atoms with van der Waals surface area (Å²) in [5.74, 6) is 2.35. The molecule has 4 rings (SSSR count). The number of rotatable bonds is 6. The predicted molar refractivity (Wildman–Crippen MR) is 110 cm³/mol. The highest BCUT2D eigenvalue weighted by molar-refractivity contribution is 5.79. The molecule has 0 saturated heterocycles. The number of para-hydroxylation sites is 4. The van der Waals surface area contributed by atoms with Crippen molar-refractivity contribution in [2.45, 2.75) is 19.1 Å². The minimum absolute atomic E-state index is 0.0502. The third kappa shape index (κ3) is 4.19. The third-order valence-electron chi connectivity index (χ3n) is 4.68. The van der Waals surface area contributed by atoms with E-state index in [1.807, 2.05) is 48.8 Å². The van der Waals surface area contributed by atoms with E-state index in [9.17, 15) is 0 Å². The van der Waals surface area contributed by atoms with Crippen LogP contribution in [0.5, 0.6) is 11.5 Å². The number of nitrogens with zero attached hydrogens (tertiary/aromatic N) is 3. The van der Waals surface area contributed by atoms with Gasteiger partial charge in [0.2, 0.25) is 0 Å². The van der Waals surface area contributed by atoms with Crippen LogP contribution in [0.3, 0.4) is 0 Å². The van der Waals surface area contributed by atoms with Gasteiger partial charge in [-0.2, -0.15) is 0 Å². The summed E-state index contributed by atoms with van der Waals surface area (Å²) >= 11 is 0. The molecule has 1 aliphatic rings.